The maximum atomic E-state index is 3.63. The quantitative estimate of drug-likeness (QED) is 0.680. The SMILES string of the molecule is CCN(CC)CCNCCN1CCCC2CCCC21. The van der Waals surface area contributed by atoms with Gasteiger partial charge >= 0.3 is 0 Å². The van der Waals surface area contributed by atoms with Gasteiger partial charge in [0.05, 0.1) is 0 Å². The Kier molecular flexibility index (Phi) is 6.62. The van der Waals surface area contributed by atoms with Crippen LogP contribution in [0, 0.1) is 5.92 Å². The molecule has 1 aliphatic heterocycles. The van der Waals surface area contributed by atoms with Crippen molar-refractivity contribution in [2.75, 3.05) is 45.8 Å². The third-order valence-corrected chi connectivity index (χ3v) is 5.18. The highest BCUT2D eigenvalue weighted by Gasteiger charge is 2.34. The van der Waals surface area contributed by atoms with E-state index in [1.807, 2.05) is 0 Å². The average molecular weight is 267 g/mol. The summed E-state index contributed by atoms with van der Waals surface area (Å²) in [6.45, 7) is 13.0. The first-order valence-corrected chi connectivity index (χ1v) is 8.52. The van der Waals surface area contributed by atoms with Crippen LogP contribution in [0.4, 0.5) is 0 Å². The molecular weight excluding hydrogens is 234 g/mol. The Morgan fingerprint density at radius 3 is 2.63 bits per heavy atom. The predicted molar refractivity (Wildman–Crippen MR) is 82.6 cm³/mol. The number of rotatable bonds is 8. The van der Waals surface area contributed by atoms with Gasteiger partial charge < -0.3 is 10.2 Å². The minimum Gasteiger partial charge on any atom is -0.314 e. The number of hydrogen-bond donors (Lipinski definition) is 1. The molecule has 0 spiro atoms. The molecule has 1 heterocycles. The highest BCUT2D eigenvalue weighted by atomic mass is 15.2. The number of likely N-dealkylation sites (N-methyl/N-ethyl adjacent to an activating group) is 1. The van der Waals surface area contributed by atoms with Crippen molar-refractivity contribution in [2.24, 2.45) is 5.92 Å². The van der Waals surface area contributed by atoms with Crippen LogP contribution in [0.3, 0.4) is 0 Å². The lowest BCUT2D eigenvalue weighted by Crippen LogP contribution is -2.46. The van der Waals surface area contributed by atoms with Gasteiger partial charge in [-0.15, -0.1) is 0 Å². The van der Waals surface area contributed by atoms with Crippen LogP contribution in [0.5, 0.6) is 0 Å². The molecule has 2 atom stereocenters. The second-order valence-electron chi connectivity index (χ2n) is 6.21. The molecule has 0 aromatic carbocycles. The van der Waals surface area contributed by atoms with Crippen molar-refractivity contribution in [3.8, 4) is 0 Å². The molecule has 3 heteroatoms. The van der Waals surface area contributed by atoms with Gasteiger partial charge in [-0.1, -0.05) is 20.3 Å². The van der Waals surface area contributed by atoms with Crippen LogP contribution in [0.1, 0.15) is 46.0 Å². The van der Waals surface area contributed by atoms with Crippen molar-refractivity contribution >= 4 is 0 Å². The zero-order chi connectivity index (χ0) is 13.5. The first-order chi connectivity index (χ1) is 9.35. The molecule has 2 unspecified atom stereocenters. The molecular formula is C16H33N3. The van der Waals surface area contributed by atoms with E-state index < -0.39 is 0 Å². The molecule has 0 aromatic heterocycles. The van der Waals surface area contributed by atoms with Crippen molar-refractivity contribution in [1.82, 2.24) is 15.1 Å². The summed E-state index contributed by atoms with van der Waals surface area (Å²) in [7, 11) is 0. The van der Waals surface area contributed by atoms with E-state index in [-0.39, 0.29) is 0 Å². The molecule has 1 N–H and O–H groups in total. The molecule has 0 radical (unpaired) electrons. The van der Waals surface area contributed by atoms with E-state index in [2.05, 4.69) is 29.0 Å². The standard InChI is InChI=1S/C16H33N3/c1-3-18(4-2)13-10-17-11-14-19-12-6-8-15-7-5-9-16(15)19/h15-17H,3-14H2,1-2H3. The number of fused-ring (bicyclic) bond motifs is 1. The van der Waals surface area contributed by atoms with Crippen molar-refractivity contribution < 1.29 is 0 Å². The monoisotopic (exact) mass is 267 g/mol. The molecule has 0 bridgehead atoms. The minimum absolute atomic E-state index is 0.929. The third kappa shape index (κ3) is 4.44. The molecule has 2 rings (SSSR count). The lowest BCUT2D eigenvalue weighted by atomic mass is 9.92. The zero-order valence-electron chi connectivity index (χ0n) is 13.0. The van der Waals surface area contributed by atoms with Crippen molar-refractivity contribution in [2.45, 2.75) is 52.0 Å². The summed E-state index contributed by atoms with van der Waals surface area (Å²) in [5.41, 5.74) is 0. The first-order valence-electron chi connectivity index (χ1n) is 8.52. The molecule has 1 saturated heterocycles. The summed E-state index contributed by atoms with van der Waals surface area (Å²) in [6, 6.07) is 0.929. The third-order valence-electron chi connectivity index (χ3n) is 5.18. The van der Waals surface area contributed by atoms with Crippen LogP contribution in [-0.4, -0.2) is 61.7 Å². The van der Waals surface area contributed by atoms with Crippen LogP contribution < -0.4 is 5.32 Å². The Hall–Kier alpha value is -0.120. The lowest BCUT2D eigenvalue weighted by Gasteiger charge is -2.37. The van der Waals surface area contributed by atoms with E-state index in [0.29, 0.717) is 0 Å². The maximum Gasteiger partial charge on any atom is 0.0124 e. The minimum atomic E-state index is 0.929. The molecule has 1 aliphatic carbocycles. The summed E-state index contributed by atoms with van der Waals surface area (Å²) in [5, 5.41) is 3.63. The van der Waals surface area contributed by atoms with Gasteiger partial charge in [0.15, 0.2) is 0 Å². The number of piperidine rings is 1. The van der Waals surface area contributed by atoms with E-state index >= 15 is 0 Å². The molecule has 19 heavy (non-hydrogen) atoms. The largest absolute Gasteiger partial charge is 0.314 e. The lowest BCUT2D eigenvalue weighted by molar-refractivity contribution is 0.114. The smallest absolute Gasteiger partial charge is 0.0124 e. The van der Waals surface area contributed by atoms with Crippen LogP contribution in [0.2, 0.25) is 0 Å². The number of hydrogen-bond acceptors (Lipinski definition) is 3. The van der Waals surface area contributed by atoms with Gasteiger partial charge in [-0.3, -0.25) is 4.90 Å². The van der Waals surface area contributed by atoms with Gasteiger partial charge in [0.25, 0.3) is 0 Å². The molecule has 112 valence electrons. The summed E-state index contributed by atoms with van der Waals surface area (Å²) >= 11 is 0. The zero-order valence-corrected chi connectivity index (χ0v) is 13.0. The van der Waals surface area contributed by atoms with Crippen molar-refractivity contribution in [1.29, 1.82) is 0 Å². The predicted octanol–water partition coefficient (Wildman–Crippen LogP) is 2.18. The molecule has 0 aromatic rings. The van der Waals surface area contributed by atoms with Crippen LogP contribution in [-0.2, 0) is 0 Å². The molecule has 1 saturated carbocycles. The molecule has 3 nitrogen and oxygen atoms in total. The summed E-state index contributed by atoms with van der Waals surface area (Å²) in [4.78, 5) is 5.26. The van der Waals surface area contributed by atoms with Crippen LogP contribution in [0.15, 0.2) is 0 Å². The Morgan fingerprint density at radius 1 is 1.05 bits per heavy atom. The Morgan fingerprint density at radius 2 is 1.84 bits per heavy atom. The van der Waals surface area contributed by atoms with Crippen LogP contribution >= 0.6 is 0 Å². The van der Waals surface area contributed by atoms with E-state index in [4.69, 9.17) is 0 Å². The fourth-order valence-electron chi connectivity index (χ4n) is 3.96. The van der Waals surface area contributed by atoms with Gasteiger partial charge in [-0.2, -0.15) is 0 Å². The van der Waals surface area contributed by atoms with E-state index in [1.54, 1.807) is 0 Å². The second kappa shape index (κ2) is 8.23. The summed E-state index contributed by atoms with van der Waals surface area (Å²) in [6.07, 6.45) is 7.36. The number of nitrogens with one attached hydrogen (secondary N) is 1. The Labute approximate surface area is 119 Å². The molecule has 2 aliphatic rings. The van der Waals surface area contributed by atoms with E-state index in [1.165, 1.54) is 71.4 Å². The second-order valence-corrected chi connectivity index (χ2v) is 6.21. The van der Waals surface area contributed by atoms with Gasteiger partial charge in [-0.05, 0) is 51.2 Å². The van der Waals surface area contributed by atoms with E-state index in [9.17, 15) is 0 Å². The fourth-order valence-corrected chi connectivity index (χ4v) is 3.96. The highest BCUT2D eigenvalue weighted by Crippen LogP contribution is 2.36. The van der Waals surface area contributed by atoms with Gasteiger partial charge in [-0.25, -0.2) is 0 Å². The fraction of sp³-hybridized carbons (Fsp3) is 1.00. The maximum absolute atomic E-state index is 3.63. The topological polar surface area (TPSA) is 18.5 Å². The summed E-state index contributed by atoms with van der Waals surface area (Å²) < 4.78 is 0. The first kappa shape index (κ1) is 15.3. The molecule has 0 amide bonds. The Balaban J connectivity index is 1.57. The van der Waals surface area contributed by atoms with Gasteiger partial charge in [0, 0.05) is 32.2 Å². The average Bonchev–Trinajstić information content (AvgIpc) is 2.92. The van der Waals surface area contributed by atoms with Crippen molar-refractivity contribution in [3.63, 3.8) is 0 Å². The number of nitrogens with zero attached hydrogens (tertiary/aromatic N) is 2. The van der Waals surface area contributed by atoms with Crippen LogP contribution in [0.25, 0.3) is 0 Å². The van der Waals surface area contributed by atoms with Crippen molar-refractivity contribution in [3.05, 3.63) is 0 Å². The Bertz CT molecular complexity index is 240. The highest BCUT2D eigenvalue weighted by molar-refractivity contribution is 4.89. The normalized spacial score (nSPS) is 27.9. The number of likely N-dealkylation sites (tertiary alicyclic amines) is 1. The van der Waals surface area contributed by atoms with E-state index in [0.717, 1.165) is 18.5 Å². The molecule has 2 fully saturated rings. The summed E-state index contributed by atoms with van der Waals surface area (Å²) in [5.74, 6) is 1.03. The van der Waals surface area contributed by atoms with Gasteiger partial charge in [0.1, 0.15) is 0 Å². The van der Waals surface area contributed by atoms with Gasteiger partial charge in [0.2, 0.25) is 0 Å².